The van der Waals surface area contributed by atoms with Crippen LogP contribution in [0.1, 0.15) is 34.6 Å². The first-order chi connectivity index (χ1) is 9.22. The minimum Gasteiger partial charge on any atom is -0.316 e. The van der Waals surface area contributed by atoms with E-state index in [0.717, 1.165) is 24.1 Å². The van der Waals surface area contributed by atoms with Gasteiger partial charge in [-0.1, -0.05) is 12.1 Å². The minimum absolute atomic E-state index is 0.296. The van der Waals surface area contributed by atoms with Crippen LogP contribution < -0.4 is 0 Å². The Morgan fingerprint density at radius 2 is 2.00 bits per heavy atom. The number of ketones is 1. The summed E-state index contributed by atoms with van der Waals surface area (Å²) in [6, 6.07) is 10.4. The maximum atomic E-state index is 12.0. The van der Waals surface area contributed by atoms with Gasteiger partial charge in [-0.05, 0) is 44.2 Å². The molecule has 3 heteroatoms. The van der Waals surface area contributed by atoms with E-state index in [0.29, 0.717) is 12.2 Å². The van der Waals surface area contributed by atoms with Crippen molar-refractivity contribution >= 4 is 17.5 Å². The number of aromatic nitrogens is 1. The number of carbonyl (C=O) groups is 1. The van der Waals surface area contributed by atoms with Crippen LogP contribution in [0.3, 0.4) is 0 Å². The third-order valence-electron chi connectivity index (χ3n) is 3.73. The second kappa shape index (κ2) is 4.89. The summed E-state index contributed by atoms with van der Waals surface area (Å²) in [5.41, 5.74) is 4.47. The van der Waals surface area contributed by atoms with E-state index in [1.165, 1.54) is 16.3 Å². The Hall–Kier alpha value is -1.48. The Kier molecular flexibility index (Phi) is 3.23. The quantitative estimate of drug-likeness (QED) is 0.769. The van der Waals surface area contributed by atoms with Crippen LogP contribution in [-0.2, 0) is 6.42 Å². The molecule has 98 valence electrons. The van der Waals surface area contributed by atoms with E-state index in [-0.39, 0.29) is 0 Å². The number of carbonyl (C=O) groups excluding carboxylic acids is 1. The van der Waals surface area contributed by atoms with Gasteiger partial charge in [-0.2, -0.15) is 0 Å². The average molecular weight is 271 g/mol. The van der Waals surface area contributed by atoms with Crippen molar-refractivity contribution in [1.82, 2.24) is 4.57 Å². The molecule has 1 heterocycles. The zero-order chi connectivity index (χ0) is 13.4. The van der Waals surface area contributed by atoms with Crippen molar-refractivity contribution < 1.29 is 4.79 Å². The lowest BCUT2D eigenvalue weighted by atomic mass is 9.96. The molecule has 0 aliphatic heterocycles. The van der Waals surface area contributed by atoms with Crippen molar-refractivity contribution in [2.45, 2.75) is 31.1 Å². The van der Waals surface area contributed by atoms with Crippen molar-refractivity contribution in [2.75, 3.05) is 6.26 Å². The van der Waals surface area contributed by atoms with Gasteiger partial charge in [0.15, 0.2) is 5.78 Å². The van der Waals surface area contributed by atoms with Crippen LogP contribution in [0.25, 0.3) is 5.69 Å². The van der Waals surface area contributed by atoms with Gasteiger partial charge in [0.25, 0.3) is 0 Å². The highest BCUT2D eigenvalue weighted by Crippen LogP contribution is 2.32. The summed E-state index contributed by atoms with van der Waals surface area (Å²) >= 11 is 1.75. The monoisotopic (exact) mass is 271 g/mol. The molecule has 0 saturated heterocycles. The second-order valence-electron chi connectivity index (χ2n) is 4.93. The van der Waals surface area contributed by atoms with E-state index in [2.05, 4.69) is 42.0 Å². The largest absolute Gasteiger partial charge is 0.316 e. The number of rotatable bonds is 2. The summed E-state index contributed by atoms with van der Waals surface area (Å²) in [5, 5.41) is 0. The number of thioether (sulfide) groups is 1. The molecule has 0 N–H and O–H groups in total. The molecule has 2 nitrogen and oxygen atoms in total. The highest BCUT2D eigenvalue weighted by Gasteiger charge is 2.23. The molecule has 0 spiro atoms. The molecule has 19 heavy (non-hydrogen) atoms. The fraction of sp³-hybridized carbons (Fsp3) is 0.312. The zero-order valence-corrected chi connectivity index (χ0v) is 12.1. The van der Waals surface area contributed by atoms with E-state index in [1.807, 2.05) is 6.07 Å². The zero-order valence-electron chi connectivity index (χ0n) is 11.3. The molecular weight excluding hydrogens is 254 g/mol. The fourth-order valence-corrected chi connectivity index (χ4v) is 3.46. The summed E-state index contributed by atoms with van der Waals surface area (Å²) in [6.07, 6.45) is 4.75. The van der Waals surface area contributed by atoms with Crippen LogP contribution in [0.15, 0.2) is 35.2 Å². The van der Waals surface area contributed by atoms with Gasteiger partial charge in [0.1, 0.15) is 0 Å². The molecule has 1 aliphatic carbocycles. The van der Waals surface area contributed by atoms with Crippen molar-refractivity contribution in [3.8, 4) is 5.69 Å². The number of para-hydroxylation sites is 1. The molecule has 0 amide bonds. The van der Waals surface area contributed by atoms with Gasteiger partial charge < -0.3 is 4.57 Å². The van der Waals surface area contributed by atoms with E-state index in [4.69, 9.17) is 0 Å². The molecule has 0 radical (unpaired) electrons. The standard InChI is InChI=1S/C16H17NOS/c1-11-10-12-13(7-5-8-15(12)18)17(11)14-6-3-4-9-16(14)19-2/h3-4,6,9-10H,5,7-8H2,1-2H3. The molecule has 2 aromatic rings. The molecular formula is C16H17NOS. The topological polar surface area (TPSA) is 22.0 Å². The van der Waals surface area contributed by atoms with Gasteiger partial charge in [0, 0.05) is 28.3 Å². The van der Waals surface area contributed by atoms with E-state index in [1.54, 1.807) is 11.8 Å². The lowest BCUT2D eigenvalue weighted by Crippen LogP contribution is -2.13. The first-order valence-corrected chi connectivity index (χ1v) is 7.82. The molecule has 0 atom stereocenters. The molecule has 1 aromatic carbocycles. The van der Waals surface area contributed by atoms with Crippen LogP contribution >= 0.6 is 11.8 Å². The normalized spacial score (nSPS) is 14.5. The minimum atomic E-state index is 0.296. The second-order valence-corrected chi connectivity index (χ2v) is 5.78. The highest BCUT2D eigenvalue weighted by atomic mass is 32.2. The average Bonchev–Trinajstić information content (AvgIpc) is 2.76. The number of aryl methyl sites for hydroxylation is 1. The molecule has 0 unspecified atom stereocenters. The van der Waals surface area contributed by atoms with Crippen molar-refractivity contribution in [3.05, 3.63) is 47.3 Å². The third-order valence-corrected chi connectivity index (χ3v) is 4.52. The number of Topliss-reactive ketones (excluding diaryl/α,β-unsaturated/α-hetero) is 1. The summed E-state index contributed by atoms with van der Waals surface area (Å²) < 4.78 is 2.26. The Balaban J connectivity index is 2.23. The van der Waals surface area contributed by atoms with Gasteiger partial charge >= 0.3 is 0 Å². The van der Waals surface area contributed by atoms with Crippen molar-refractivity contribution in [3.63, 3.8) is 0 Å². The van der Waals surface area contributed by atoms with Gasteiger partial charge in [-0.25, -0.2) is 0 Å². The van der Waals surface area contributed by atoms with Crippen LogP contribution in [0, 0.1) is 6.92 Å². The summed E-state index contributed by atoms with van der Waals surface area (Å²) in [6.45, 7) is 2.09. The Morgan fingerprint density at radius 3 is 2.79 bits per heavy atom. The predicted molar refractivity (Wildman–Crippen MR) is 79.6 cm³/mol. The SMILES string of the molecule is CSc1ccccc1-n1c(C)cc2c1CCCC2=O. The summed E-state index contributed by atoms with van der Waals surface area (Å²) in [5.74, 6) is 0.296. The first-order valence-electron chi connectivity index (χ1n) is 6.60. The smallest absolute Gasteiger partial charge is 0.164 e. The van der Waals surface area contributed by atoms with E-state index >= 15 is 0 Å². The number of benzene rings is 1. The summed E-state index contributed by atoms with van der Waals surface area (Å²) in [7, 11) is 0. The highest BCUT2D eigenvalue weighted by molar-refractivity contribution is 7.98. The maximum Gasteiger partial charge on any atom is 0.164 e. The van der Waals surface area contributed by atoms with E-state index in [9.17, 15) is 4.79 Å². The molecule has 0 bridgehead atoms. The number of nitrogens with zero attached hydrogens (tertiary/aromatic N) is 1. The lowest BCUT2D eigenvalue weighted by molar-refractivity contribution is 0.0972. The lowest BCUT2D eigenvalue weighted by Gasteiger charge is -2.18. The van der Waals surface area contributed by atoms with Gasteiger partial charge in [0.05, 0.1) is 5.69 Å². The van der Waals surface area contributed by atoms with E-state index < -0.39 is 0 Å². The molecule has 3 rings (SSSR count). The van der Waals surface area contributed by atoms with Crippen molar-refractivity contribution in [2.24, 2.45) is 0 Å². The van der Waals surface area contributed by atoms with Crippen LogP contribution in [0.4, 0.5) is 0 Å². The Morgan fingerprint density at radius 1 is 1.21 bits per heavy atom. The molecule has 1 aliphatic rings. The van der Waals surface area contributed by atoms with Gasteiger partial charge in [-0.15, -0.1) is 11.8 Å². The fourth-order valence-electron chi connectivity index (χ4n) is 2.88. The van der Waals surface area contributed by atoms with Crippen molar-refractivity contribution in [1.29, 1.82) is 0 Å². The molecule has 1 aromatic heterocycles. The predicted octanol–water partition coefficient (Wildman–Crippen LogP) is 4.03. The third kappa shape index (κ3) is 2.02. The maximum absolute atomic E-state index is 12.0. The number of hydrogen-bond donors (Lipinski definition) is 0. The molecule has 0 saturated carbocycles. The number of hydrogen-bond acceptors (Lipinski definition) is 2. The first kappa shape index (κ1) is 12.5. The van der Waals surface area contributed by atoms with Gasteiger partial charge in [-0.3, -0.25) is 4.79 Å². The van der Waals surface area contributed by atoms with Crippen LogP contribution in [0.5, 0.6) is 0 Å². The summed E-state index contributed by atoms with van der Waals surface area (Å²) in [4.78, 5) is 13.3. The Bertz CT molecular complexity index is 642. The molecule has 0 fully saturated rings. The number of fused-ring (bicyclic) bond motifs is 1. The van der Waals surface area contributed by atoms with Crippen LogP contribution in [-0.4, -0.2) is 16.6 Å². The van der Waals surface area contributed by atoms with Gasteiger partial charge in [0.2, 0.25) is 0 Å². The Labute approximate surface area is 117 Å². The van der Waals surface area contributed by atoms with Crippen LogP contribution in [0.2, 0.25) is 0 Å².